The third-order valence-corrected chi connectivity index (χ3v) is 7.38. The quantitative estimate of drug-likeness (QED) is 0.640. The van der Waals surface area contributed by atoms with Gasteiger partial charge in [0.05, 0.1) is 10.3 Å². The highest BCUT2D eigenvalue weighted by atomic mass is 32.1. The molecule has 0 unspecified atom stereocenters. The largest absolute Gasteiger partial charge is 0.321 e. The summed E-state index contributed by atoms with van der Waals surface area (Å²) in [5.41, 5.74) is 2.50. The molecule has 1 aliphatic heterocycles. The second-order valence-corrected chi connectivity index (χ2v) is 9.84. The third-order valence-electron chi connectivity index (χ3n) is 6.19. The average molecular weight is 439 g/mol. The van der Waals surface area contributed by atoms with Crippen LogP contribution < -0.4 is 10.9 Å². The Hall–Kier alpha value is -2.51. The summed E-state index contributed by atoms with van der Waals surface area (Å²) in [5.74, 6) is 0.758. The number of fused-ring (bicyclic) bond motifs is 1. The molecule has 7 heteroatoms. The SMILES string of the molecule is Cc1ccccc1NC(=O)c1sc2nc(C(C)C)n(C3CCN(C)CC3)c(=O)c2c1C. The van der Waals surface area contributed by atoms with Crippen molar-refractivity contribution in [3.63, 3.8) is 0 Å². The topological polar surface area (TPSA) is 67.2 Å². The van der Waals surface area contributed by atoms with E-state index in [1.165, 1.54) is 11.3 Å². The minimum atomic E-state index is -0.189. The first kappa shape index (κ1) is 21.7. The predicted molar refractivity (Wildman–Crippen MR) is 128 cm³/mol. The van der Waals surface area contributed by atoms with Crippen molar-refractivity contribution in [2.75, 3.05) is 25.5 Å². The summed E-state index contributed by atoms with van der Waals surface area (Å²) < 4.78 is 1.92. The molecule has 1 saturated heterocycles. The van der Waals surface area contributed by atoms with Gasteiger partial charge in [-0.1, -0.05) is 32.0 Å². The van der Waals surface area contributed by atoms with Crippen molar-refractivity contribution in [2.24, 2.45) is 0 Å². The zero-order chi connectivity index (χ0) is 22.3. The molecule has 1 fully saturated rings. The molecule has 1 aliphatic rings. The fraction of sp³-hybridized carbons (Fsp3) is 0.458. The maximum Gasteiger partial charge on any atom is 0.266 e. The lowest BCUT2D eigenvalue weighted by molar-refractivity contribution is 0.103. The average Bonchev–Trinajstić information content (AvgIpc) is 3.07. The van der Waals surface area contributed by atoms with Crippen LogP contribution in [0.3, 0.4) is 0 Å². The van der Waals surface area contributed by atoms with E-state index in [4.69, 9.17) is 4.98 Å². The van der Waals surface area contributed by atoms with Crippen LogP contribution in [0.4, 0.5) is 5.69 Å². The van der Waals surface area contributed by atoms with Crippen LogP contribution in [0.5, 0.6) is 0 Å². The van der Waals surface area contributed by atoms with Crippen LogP contribution in [0, 0.1) is 13.8 Å². The van der Waals surface area contributed by atoms with Crippen LogP contribution >= 0.6 is 11.3 Å². The summed E-state index contributed by atoms with van der Waals surface area (Å²) in [5, 5.41) is 3.58. The van der Waals surface area contributed by atoms with Crippen molar-refractivity contribution in [1.29, 1.82) is 0 Å². The van der Waals surface area contributed by atoms with Crippen molar-refractivity contribution in [1.82, 2.24) is 14.5 Å². The van der Waals surface area contributed by atoms with Crippen LogP contribution in [0.25, 0.3) is 10.2 Å². The molecule has 3 heterocycles. The highest BCUT2D eigenvalue weighted by Gasteiger charge is 2.27. The Morgan fingerprint density at radius 2 is 1.87 bits per heavy atom. The number of aromatic nitrogens is 2. The van der Waals surface area contributed by atoms with Gasteiger partial charge in [0.1, 0.15) is 10.7 Å². The molecule has 31 heavy (non-hydrogen) atoms. The van der Waals surface area contributed by atoms with Gasteiger partial charge in [0.25, 0.3) is 11.5 Å². The number of carbonyl (C=O) groups excluding carboxylic acids is 1. The first-order chi connectivity index (χ1) is 14.8. The van der Waals surface area contributed by atoms with Gasteiger partial charge in [0.15, 0.2) is 0 Å². The number of likely N-dealkylation sites (tertiary alicyclic amines) is 1. The van der Waals surface area contributed by atoms with E-state index >= 15 is 0 Å². The molecule has 1 amide bonds. The van der Waals surface area contributed by atoms with E-state index in [-0.39, 0.29) is 23.4 Å². The van der Waals surface area contributed by atoms with Crippen molar-refractivity contribution < 1.29 is 4.79 Å². The van der Waals surface area contributed by atoms with Gasteiger partial charge in [-0.05, 0) is 64.0 Å². The fourth-order valence-electron chi connectivity index (χ4n) is 4.33. The van der Waals surface area contributed by atoms with E-state index in [0.29, 0.717) is 15.1 Å². The third kappa shape index (κ3) is 4.04. The van der Waals surface area contributed by atoms with Gasteiger partial charge in [0.2, 0.25) is 0 Å². The number of para-hydroxylation sites is 1. The van der Waals surface area contributed by atoms with E-state index < -0.39 is 0 Å². The van der Waals surface area contributed by atoms with Crippen LogP contribution in [-0.4, -0.2) is 40.5 Å². The van der Waals surface area contributed by atoms with Crippen LogP contribution in [0.1, 0.15) is 65.3 Å². The van der Waals surface area contributed by atoms with Crippen molar-refractivity contribution in [3.05, 3.63) is 56.4 Å². The molecule has 0 aliphatic carbocycles. The molecule has 1 aromatic carbocycles. The molecule has 0 spiro atoms. The summed E-state index contributed by atoms with van der Waals surface area (Å²) in [6.07, 6.45) is 1.88. The van der Waals surface area contributed by atoms with E-state index in [2.05, 4.69) is 31.1 Å². The molecule has 1 N–H and O–H groups in total. The normalized spacial score (nSPS) is 15.7. The molecule has 0 bridgehead atoms. The second-order valence-electron chi connectivity index (χ2n) is 8.84. The Bertz CT molecular complexity index is 1190. The van der Waals surface area contributed by atoms with Crippen molar-refractivity contribution >= 4 is 33.1 Å². The molecule has 0 radical (unpaired) electrons. The lowest BCUT2D eigenvalue weighted by atomic mass is 10.0. The Morgan fingerprint density at radius 1 is 1.19 bits per heavy atom. The molecule has 164 valence electrons. The number of hydrogen-bond acceptors (Lipinski definition) is 5. The number of rotatable bonds is 4. The van der Waals surface area contributed by atoms with Crippen LogP contribution in [-0.2, 0) is 0 Å². The molecule has 3 aromatic rings. The summed E-state index contributed by atoms with van der Waals surface area (Å²) in [6.45, 7) is 9.92. The van der Waals surface area contributed by atoms with Gasteiger partial charge < -0.3 is 10.2 Å². The maximum atomic E-state index is 13.7. The van der Waals surface area contributed by atoms with Crippen LogP contribution in [0.2, 0.25) is 0 Å². The Kier molecular flexibility index (Phi) is 5.99. The van der Waals surface area contributed by atoms with E-state index in [1.54, 1.807) is 0 Å². The van der Waals surface area contributed by atoms with Gasteiger partial charge in [-0.25, -0.2) is 4.98 Å². The first-order valence-electron chi connectivity index (χ1n) is 10.9. The van der Waals surface area contributed by atoms with Gasteiger partial charge in [0, 0.05) is 17.6 Å². The highest BCUT2D eigenvalue weighted by Crippen LogP contribution is 2.32. The maximum absolute atomic E-state index is 13.7. The van der Waals surface area contributed by atoms with Crippen molar-refractivity contribution in [2.45, 2.75) is 52.5 Å². The number of aryl methyl sites for hydroxylation is 2. The smallest absolute Gasteiger partial charge is 0.266 e. The lowest BCUT2D eigenvalue weighted by Crippen LogP contribution is -2.37. The first-order valence-corrected chi connectivity index (χ1v) is 11.7. The number of amides is 1. The lowest BCUT2D eigenvalue weighted by Gasteiger charge is -2.32. The van der Waals surface area contributed by atoms with Gasteiger partial charge in [-0.2, -0.15) is 0 Å². The number of piperidine rings is 1. The zero-order valence-corrected chi connectivity index (χ0v) is 19.7. The monoisotopic (exact) mass is 438 g/mol. The number of benzene rings is 1. The number of carbonyl (C=O) groups is 1. The fourth-order valence-corrected chi connectivity index (χ4v) is 5.41. The molecule has 0 atom stereocenters. The minimum Gasteiger partial charge on any atom is -0.321 e. The highest BCUT2D eigenvalue weighted by molar-refractivity contribution is 7.20. The molecular formula is C24H30N4O2S. The second kappa shape index (κ2) is 8.55. The Morgan fingerprint density at radius 3 is 2.52 bits per heavy atom. The summed E-state index contributed by atoms with van der Waals surface area (Å²) in [4.78, 5) is 35.2. The standard InChI is InChI=1S/C24H30N4O2S/c1-14(2)21-26-23-19(24(30)28(21)17-10-12-27(5)13-11-17)16(4)20(31-23)22(29)25-18-9-7-6-8-15(18)3/h6-9,14,17H,10-13H2,1-5H3,(H,25,29). The van der Waals surface area contributed by atoms with Gasteiger partial charge >= 0.3 is 0 Å². The molecule has 6 nitrogen and oxygen atoms in total. The minimum absolute atomic E-state index is 0.00746. The molecule has 4 rings (SSSR count). The van der Waals surface area contributed by atoms with Gasteiger partial charge in [-0.15, -0.1) is 11.3 Å². The van der Waals surface area contributed by atoms with Gasteiger partial charge in [-0.3, -0.25) is 14.2 Å². The Balaban J connectivity index is 1.80. The zero-order valence-electron chi connectivity index (χ0n) is 18.9. The van der Waals surface area contributed by atoms with Crippen LogP contribution in [0.15, 0.2) is 29.1 Å². The summed E-state index contributed by atoms with van der Waals surface area (Å²) in [7, 11) is 2.12. The number of thiophene rings is 1. The summed E-state index contributed by atoms with van der Waals surface area (Å²) >= 11 is 1.31. The molecule has 2 aromatic heterocycles. The number of nitrogens with zero attached hydrogens (tertiary/aromatic N) is 3. The Labute approximate surface area is 186 Å². The van der Waals surface area contributed by atoms with E-state index in [9.17, 15) is 9.59 Å². The number of anilines is 1. The number of nitrogens with one attached hydrogen (secondary N) is 1. The van der Waals surface area contributed by atoms with Crippen molar-refractivity contribution in [3.8, 4) is 0 Å². The summed E-state index contributed by atoms with van der Waals surface area (Å²) in [6, 6.07) is 7.85. The molecular weight excluding hydrogens is 408 g/mol. The molecule has 0 saturated carbocycles. The van der Waals surface area contributed by atoms with E-state index in [1.807, 2.05) is 42.7 Å². The number of hydrogen-bond donors (Lipinski definition) is 1. The predicted octanol–water partition coefficient (Wildman–Crippen LogP) is 4.72. The van der Waals surface area contributed by atoms with E-state index in [0.717, 1.165) is 48.6 Å².